The van der Waals surface area contributed by atoms with Crippen LogP contribution in [0.2, 0.25) is 0 Å². The fourth-order valence-electron chi connectivity index (χ4n) is 1.82. The van der Waals surface area contributed by atoms with Crippen LogP contribution in [-0.2, 0) is 14.6 Å². The third-order valence-electron chi connectivity index (χ3n) is 3.13. The van der Waals surface area contributed by atoms with E-state index in [2.05, 4.69) is 19.2 Å². The van der Waals surface area contributed by atoms with E-state index >= 15 is 0 Å². The molecule has 1 aromatic carbocycles. The van der Waals surface area contributed by atoms with Crippen LogP contribution in [0.25, 0.3) is 0 Å². The van der Waals surface area contributed by atoms with Gasteiger partial charge in [0.25, 0.3) is 0 Å². The Morgan fingerprint density at radius 2 is 1.70 bits per heavy atom. The van der Waals surface area contributed by atoms with Crippen molar-refractivity contribution in [3.8, 4) is 0 Å². The summed E-state index contributed by atoms with van der Waals surface area (Å²) in [6.45, 7) is 6.06. The Morgan fingerprint density at radius 1 is 1.15 bits per heavy atom. The molecule has 0 aliphatic carbocycles. The summed E-state index contributed by atoms with van der Waals surface area (Å²) in [5, 5.41) is 2.92. The number of rotatable bonds is 6. The number of carbonyl (C=O) groups is 1. The molecule has 0 saturated heterocycles. The third kappa shape index (κ3) is 5.33. The van der Waals surface area contributed by atoms with Crippen molar-refractivity contribution in [3.63, 3.8) is 0 Å². The van der Waals surface area contributed by atoms with Crippen LogP contribution in [0.4, 0.5) is 0 Å². The number of hydrogen-bond acceptors (Lipinski definition) is 3. The van der Waals surface area contributed by atoms with Gasteiger partial charge in [-0.3, -0.25) is 4.79 Å². The highest BCUT2D eigenvalue weighted by atomic mass is 32.2. The molecule has 0 saturated carbocycles. The summed E-state index contributed by atoms with van der Waals surface area (Å²) in [4.78, 5) is 12.0. The summed E-state index contributed by atoms with van der Waals surface area (Å²) >= 11 is 0. The van der Waals surface area contributed by atoms with Crippen molar-refractivity contribution in [2.24, 2.45) is 5.92 Å². The van der Waals surface area contributed by atoms with Crippen molar-refractivity contribution in [1.29, 1.82) is 0 Å². The molecule has 0 bridgehead atoms. The van der Waals surface area contributed by atoms with E-state index in [1.165, 1.54) is 6.26 Å². The monoisotopic (exact) mass is 297 g/mol. The van der Waals surface area contributed by atoms with Gasteiger partial charge in [0.05, 0.1) is 10.9 Å². The number of carbonyl (C=O) groups excluding carboxylic acids is 1. The topological polar surface area (TPSA) is 63.2 Å². The molecule has 1 rings (SSSR count). The lowest BCUT2D eigenvalue weighted by atomic mass is 10.1. The average molecular weight is 297 g/mol. The molecule has 5 heteroatoms. The first-order valence-corrected chi connectivity index (χ1v) is 8.68. The zero-order valence-electron chi connectivity index (χ0n) is 12.5. The molecule has 0 radical (unpaired) electrons. The van der Waals surface area contributed by atoms with E-state index < -0.39 is 9.84 Å². The van der Waals surface area contributed by atoms with Gasteiger partial charge in [0.1, 0.15) is 0 Å². The number of hydrogen-bond donors (Lipinski definition) is 1. The Morgan fingerprint density at radius 3 is 2.15 bits per heavy atom. The second-order valence-electron chi connectivity index (χ2n) is 5.56. The Balaban J connectivity index is 2.64. The highest BCUT2D eigenvalue weighted by Crippen LogP contribution is 2.16. The molecule has 112 valence electrons. The van der Waals surface area contributed by atoms with Crippen LogP contribution in [0, 0.1) is 5.92 Å². The summed E-state index contributed by atoms with van der Waals surface area (Å²) in [5.41, 5.74) is 0.898. The van der Waals surface area contributed by atoms with E-state index in [9.17, 15) is 13.2 Å². The summed E-state index contributed by atoms with van der Waals surface area (Å²) in [7, 11) is -3.17. The fourth-order valence-corrected chi connectivity index (χ4v) is 2.45. The molecule has 0 heterocycles. The van der Waals surface area contributed by atoms with E-state index in [0.717, 1.165) is 12.0 Å². The van der Waals surface area contributed by atoms with Crippen molar-refractivity contribution >= 4 is 15.7 Å². The molecule has 4 nitrogen and oxygen atoms in total. The minimum absolute atomic E-state index is 0.0263. The zero-order chi connectivity index (χ0) is 15.3. The highest BCUT2D eigenvalue weighted by molar-refractivity contribution is 7.90. The van der Waals surface area contributed by atoms with Crippen LogP contribution in [0.5, 0.6) is 0 Å². The second-order valence-corrected chi connectivity index (χ2v) is 7.58. The average Bonchev–Trinajstić information content (AvgIpc) is 2.35. The molecular formula is C15H23NO3S. The van der Waals surface area contributed by atoms with Gasteiger partial charge in [0.2, 0.25) is 5.91 Å². The number of sulfone groups is 1. The molecule has 1 atom stereocenters. The van der Waals surface area contributed by atoms with Crippen molar-refractivity contribution in [1.82, 2.24) is 5.32 Å². The maximum absolute atomic E-state index is 11.8. The van der Waals surface area contributed by atoms with Crippen LogP contribution in [0.3, 0.4) is 0 Å². The quantitative estimate of drug-likeness (QED) is 0.878. The second kappa shape index (κ2) is 6.88. The SMILES string of the molecule is CC(C)CCC(=O)NC(C)c1ccc(S(C)(=O)=O)cc1. The molecular weight excluding hydrogens is 274 g/mol. The first-order chi connectivity index (χ1) is 9.20. The van der Waals surface area contributed by atoms with Gasteiger partial charge < -0.3 is 5.32 Å². The summed E-state index contributed by atoms with van der Waals surface area (Å²) < 4.78 is 22.7. The van der Waals surface area contributed by atoms with Gasteiger partial charge in [0, 0.05) is 12.7 Å². The van der Waals surface area contributed by atoms with Crippen molar-refractivity contribution in [2.45, 2.75) is 44.6 Å². The van der Waals surface area contributed by atoms with E-state index in [1.807, 2.05) is 6.92 Å². The van der Waals surface area contributed by atoms with Gasteiger partial charge in [-0.1, -0.05) is 26.0 Å². The Bertz CT molecular complexity index is 547. The summed E-state index contributed by atoms with van der Waals surface area (Å²) in [6, 6.07) is 6.50. The Kier molecular flexibility index (Phi) is 5.74. The van der Waals surface area contributed by atoms with Gasteiger partial charge in [-0.2, -0.15) is 0 Å². The van der Waals surface area contributed by atoms with Crippen molar-refractivity contribution in [3.05, 3.63) is 29.8 Å². The zero-order valence-corrected chi connectivity index (χ0v) is 13.3. The first-order valence-electron chi connectivity index (χ1n) is 6.79. The number of benzene rings is 1. The minimum Gasteiger partial charge on any atom is -0.350 e. The Hall–Kier alpha value is -1.36. The number of nitrogens with one attached hydrogen (secondary N) is 1. The lowest BCUT2D eigenvalue weighted by Crippen LogP contribution is -2.26. The van der Waals surface area contributed by atoms with Crippen LogP contribution < -0.4 is 5.32 Å². The Labute approximate surface area is 121 Å². The van der Waals surface area contributed by atoms with Crippen LogP contribution in [0.1, 0.15) is 45.2 Å². The predicted octanol–water partition coefficient (Wildman–Crippen LogP) is 2.70. The number of amides is 1. The summed E-state index contributed by atoms with van der Waals surface area (Å²) in [5.74, 6) is 0.531. The predicted molar refractivity (Wildman–Crippen MR) is 80.2 cm³/mol. The van der Waals surface area contributed by atoms with Crippen LogP contribution >= 0.6 is 0 Å². The minimum atomic E-state index is -3.17. The van der Waals surface area contributed by atoms with Gasteiger partial charge in [0.15, 0.2) is 9.84 Å². The lowest BCUT2D eigenvalue weighted by molar-refractivity contribution is -0.122. The molecule has 20 heavy (non-hydrogen) atoms. The fraction of sp³-hybridized carbons (Fsp3) is 0.533. The van der Waals surface area contributed by atoms with Gasteiger partial charge in [-0.15, -0.1) is 0 Å². The lowest BCUT2D eigenvalue weighted by Gasteiger charge is -2.15. The molecule has 0 aliphatic heterocycles. The third-order valence-corrected chi connectivity index (χ3v) is 4.26. The van der Waals surface area contributed by atoms with Crippen LogP contribution in [-0.4, -0.2) is 20.6 Å². The molecule has 0 spiro atoms. The first kappa shape index (κ1) is 16.7. The van der Waals surface area contributed by atoms with Crippen LogP contribution in [0.15, 0.2) is 29.2 Å². The normalized spacial score (nSPS) is 13.2. The van der Waals surface area contributed by atoms with E-state index in [0.29, 0.717) is 17.2 Å². The molecule has 1 N–H and O–H groups in total. The van der Waals surface area contributed by atoms with E-state index in [1.54, 1.807) is 24.3 Å². The molecule has 0 fully saturated rings. The van der Waals surface area contributed by atoms with Gasteiger partial charge >= 0.3 is 0 Å². The van der Waals surface area contributed by atoms with Crippen molar-refractivity contribution in [2.75, 3.05) is 6.26 Å². The maximum atomic E-state index is 11.8. The molecule has 0 aliphatic rings. The molecule has 0 aromatic heterocycles. The standard InChI is InChI=1S/C15H23NO3S/c1-11(2)5-10-15(17)16-12(3)13-6-8-14(9-7-13)20(4,18)19/h6-9,11-12H,5,10H2,1-4H3,(H,16,17). The van der Waals surface area contributed by atoms with Crippen molar-refractivity contribution < 1.29 is 13.2 Å². The van der Waals surface area contributed by atoms with E-state index in [-0.39, 0.29) is 11.9 Å². The summed E-state index contributed by atoms with van der Waals surface area (Å²) in [6.07, 6.45) is 2.56. The highest BCUT2D eigenvalue weighted by Gasteiger charge is 2.12. The molecule has 1 amide bonds. The molecule has 1 unspecified atom stereocenters. The maximum Gasteiger partial charge on any atom is 0.220 e. The largest absolute Gasteiger partial charge is 0.350 e. The smallest absolute Gasteiger partial charge is 0.220 e. The molecule has 1 aromatic rings. The van der Waals surface area contributed by atoms with Gasteiger partial charge in [-0.25, -0.2) is 8.42 Å². The van der Waals surface area contributed by atoms with Gasteiger partial charge in [-0.05, 0) is 37.0 Å². The van der Waals surface area contributed by atoms with E-state index in [4.69, 9.17) is 0 Å².